The molecule has 9 heteroatoms. The van der Waals surface area contributed by atoms with Gasteiger partial charge in [0.2, 0.25) is 5.91 Å². The molecule has 2 N–H and O–H groups in total. The van der Waals surface area contributed by atoms with Gasteiger partial charge in [-0.3, -0.25) is 10.1 Å². The molecule has 0 fully saturated rings. The molecule has 2 amide bonds. The third-order valence-electron chi connectivity index (χ3n) is 2.38. The second kappa shape index (κ2) is 6.46. The van der Waals surface area contributed by atoms with Gasteiger partial charge < -0.3 is 10.1 Å². The molecule has 8 nitrogen and oxygen atoms in total. The summed E-state index contributed by atoms with van der Waals surface area (Å²) < 4.78 is 17.7. The molecule has 0 radical (unpaired) electrons. The summed E-state index contributed by atoms with van der Waals surface area (Å²) in [6.45, 7) is -0.225. The van der Waals surface area contributed by atoms with E-state index in [-0.39, 0.29) is 18.1 Å². The van der Waals surface area contributed by atoms with Crippen LogP contribution < -0.4 is 10.6 Å². The topological polar surface area (TPSA) is 98.1 Å². The minimum absolute atomic E-state index is 0.0718. The van der Waals surface area contributed by atoms with Gasteiger partial charge in [-0.25, -0.2) is 9.18 Å². The number of benzene rings is 1. The van der Waals surface area contributed by atoms with Gasteiger partial charge in [-0.05, 0) is 12.1 Å². The van der Waals surface area contributed by atoms with E-state index in [9.17, 15) is 14.0 Å². The summed E-state index contributed by atoms with van der Waals surface area (Å²) in [5.41, 5.74) is 0.0718. The number of carbonyl (C=O) groups is 2. The van der Waals surface area contributed by atoms with Gasteiger partial charge in [0.1, 0.15) is 12.4 Å². The molecular weight excluding hydrogens is 281 g/mol. The molecule has 21 heavy (non-hydrogen) atoms. The molecule has 0 aliphatic heterocycles. The standard InChI is InChI=1S/C12H12FN5O3/c1-21-12(20)16-10-6-14-18(17-10)7-11(19)15-9-5-3-2-4-8(9)13/h2-6H,7H2,1H3,(H,15,19)(H,16,17,20). The van der Waals surface area contributed by atoms with Crippen LogP contribution in [-0.4, -0.2) is 34.1 Å². The summed E-state index contributed by atoms with van der Waals surface area (Å²) in [7, 11) is 1.21. The van der Waals surface area contributed by atoms with Crippen molar-refractivity contribution in [2.75, 3.05) is 17.7 Å². The van der Waals surface area contributed by atoms with E-state index in [1.54, 1.807) is 6.07 Å². The molecule has 0 saturated heterocycles. The van der Waals surface area contributed by atoms with Crippen LogP contribution in [0.1, 0.15) is 0 Å². The summed E-state index contributed by atoms with van der Waals surface area (Å²) in [5.74, 6) is -0.895. The SMILES string of the molecule is COC(=O)Nc1cnn(CC(=O)Nc2ccccc2F)n1. The Kier molecular flexibility index (Phi) is 4.44. The van der Waals surface area contributed by atoms with Gasteiger partial charge in [-0.15, -0.1) is 5.10 Å². The number of para-hydroxylation sites is 1. The number of anilines is 2. The maximum atomic E-state index is 13.4. The average molecular weight is 293 g/mol. The Bertz CT molecular complexity index is 658. The van der Waals surface area contributed by atoms with E-state index < -0.39 is 17.8 Å². The molecule has 0 atom stereocenters. The number of carbonyl (C=O) groups excluding carboxylic acids is 2. The first kappa shape index (κ1) is 14.4. The fourth-order valence-electron chi connectivity index (χ4n) is 1.47. The van der Waals surface area contributed by atoms with E-state index in [2.05, 4.69) is 25.6 Å². The zero-order valence-electron chi connectivity index (χ0n) is 11.0. The van der Waals surface area contributed by atoms with Crippen molar-refractivity contribution in [3.8, 4) is 0 Å². The third kappa shape index (κ3) is 4.00. The van der Waals surface area contributed by atoms with Gasteiger partial charge in [-0.1, -0.05) is 12.1 Å². The van der Waals surface area contributed by atoms with Crippen LogP contribution in [0, 0.1) is 5.82 Å². The minimum Gasteiger partial charge on any atom is -0.453 e. The lowest BCUT2D eigenvalue weighted by atomic mass is 10.3. The highest BCUT2D eigenvalue weighted by molar-refractivity contribution is 5.90. The van der Waals surface area contributed by atoms with E-state index >= 15 is 0 Å². The van der Waals surface area contributed by atoms with E-state index in [0.29, 0.717) is 0 Å². The van der Waals surface area contributed by atoms with Crippen molar-refractivity contribution < 1.29 is 18.7 Å². The van der Waals surface area contributed by atoms with Crippen molar-refractivity contribution in [2.24, 2.45) is 0 Å². The normalized spacial score (nSPS) is 10.0. The van der Waals surface area contributed by atoms with Crippen molar-refractivity contribution in [3.63, 3.8) is 0 Å². The molecule has 0 aliphatic carbocycles. The van der Waals surface area contributed by atoms with E-state index in [0.717, 1.165) is 4.80 Å². The molecule has 0 bridgehead atoms. The third-order valence-corrected chi connectivity index (χ3v) is 2.38. The lowest BCUT2D eigenvalue weighted by molar-refractivity contribution is -0.117. The van der Waals surface area contributed by atoms with Gasteiger partial charge >= 0.3 is 6.09 Å². The quantitative estimate of drug-likeness (QED) is 0.883. The lowest BCUT2D eigenvalue weighted by Gasteiger charge is -2.05. The lowest BCUT2D eigenvalue weighted by Crippen LogP contribution is -2.21. The number of methoxy groups -OCH3 is 1. The predicted molar refractivity (Wildman–Crippen MR) is 71.1 cm³/mol. The Balaban J connectivity index is 1.94. The number of rotatable bonds is 4. The maximum absolute atomic E-state index is 13.4. The Hall–Kier alpha value is -2.97. The average Bonchev–Trinajstić information content (AvgIpc) is 2.88. The van der Waals surface area contributed by atoms with Crippen molar-refractivity contribution in [2.45, 2.75) is 6.54 Å². The summed E-state index contributed by atoms with van der Waals surface area (Å²) in [6.07, 6.45) is 0.561. The summed E-state index contributed by atoms with van der Waals surface area (Å²) in [4.78, 5) is 23.7. The van der Waals surface area contributed by atoms with E-state index in [1.165, 1.54) is 31.5 Å². The van der Waals surface area contributed by atoms with Crippen LogP contribution in [0.25, 0.3) is 0 Å². The highest BCUT2D eigenvalue weighted by atomic mass is 19.1. The first-order valence-electron chi connectivity index (χ1n) is 5.88. The van der Waals surface area contributed by atoms with Crippen molar-refractivity contribution in [1.29, 1.82) is 0 Å². The first-order valence-corrected chi connectivity index (χ1v) is 5.88. The van der Waals surface area contributed by atoms with Crippen LogP contribution in [0.15, 0.2) is 30.5 Å². The maximum Gasteiger partial charge on any atom is 0.412 e. The molecule has 1 aromatic carbocycles. The van der Waals surface area contributed by atoms with Crippen molar-refractivity contribution >= 4 is 23.5 Å². The second-order valence-electron chi connectivity index (χ2n) is 3.90. The van der Waals surface area contributed by atoms with Crippen LogP contribution >= 0.6 is 0 Å². The molecule has 0 saturated carbocycles. The zero-order valence-corrected chi connectivity index (χ0v) is 11.0. The number of hydrogen-bond donors (Lipinski definition) is 2. The first-order chi connectivity index (χ1) is 10.1. The molecule has 1 heterocycles. The number of nitrogens with one attached hydrogen (secondary N) is 2. The molecule has 0 spiro atoms. The highest BCUT2D eigenvalue weighted by Crippen LogP contribution is 2.12. The van der Waals surface area contributed by atoms with Crippen LogP contribution in [0.3, 0.4) is 0 Å². The fourth-order valence-corrected chi connectivity index (χ4v) is 1.47. The monoisotopic (exact) mass is 293 g/mol. The minimum atomic E-state index is -0.696. The number of aromatic nitrogens is 3. The molecule has 1 aromatic heterocycles. The second-order valence-corrected chi connectivity index (χ2v) is 3.90. The van der Waals surface area contributed by atoms with E-state index in [1.807, 2.05) is 0 Å². The predicted octanol–water partition coefficient (Wildman–Crippen LogP) is 1.23. The van der Waals surface area contributed by atoms with Gasteiger partial charge in [0, 0.05) is 0 Å². The molecule has 2 rings (SSSR count). The Labute approximate surface area is 118 Å². The van der Waals surface area contributed by atoms with Gasteiger partial charge in [0.25, 0.3) is 0 Å². The van der Waals surface area contributed by atoms with Gasteiger partial charge in [-0.2, -0.15) is 9.90 Å². The molecule has 2 aromatic rings. The highest BCUT2D eigenvalue weighted by Gasteiger charge is 2.10. The number of ether oxygens (including phenoxy) is 1. The Morgan fingerprint density at radius 3 is 2.81 bits per heavy atom. The van der Waals surface area contributed by atoms with Crippen molar-refractivity contribution in [1.82, 2.24) is 15.0 Å². The molecule has 110 valence electrons. The smallest absolute Gasteiger partial charge is 0.412 e. The number of halogens is 1. The number of nitrogens with zero attached hydrogens (tertiary/aromatic N) is 3. The Morgan fingerprint density at radius 2 is 2.10 bits per heavy atom. The van der Waals surface area contributed by atoms with E-state index in [4.69, 9.17) is 0 Å². The van der Waals surface area contributed by atoms with Crippen LogP contribution in [0.5, 0.6) is 0 Å². The summed E-state index contributed by atoms with van der Waals surface area (Å²) >= 11 is 0. The van der Waals surface area contributed by atoms with Gasteiger partial charge in [0.05, 0.1) is 19.0 Å². The van der Waals surface area contributed by atoms with Crippen molar-refractivity contribution in [3.05, 3.63) is 36.3 Å². The zero-order chi connectivity index (χ0) is 15.2. The van der Waals surface area contributed by atoms with Crippen LogP contribution in [0.4, 0.5) is 20.7 Å². The summed E-state index contributed by atoms with van der Waals surface area (Å²) in [6, 6.07) is 5.79. The fraction of sp³-hybridized carbons (Fsp3) is 0.167. The van der Waals surface area contributed by atoms with Crippen LogP contribution in [0.2, 0.25) is 0 Å². The van der Waals surface area contributed by atoms with Crippen LogP contribution in [-0.2, 0) is 16.1 Å². The molecule has 0 aliphatic rings. The molecule has 0 unspecified atom stereocenters. The number of amides is 2. The summed E-state index contributed by atoms with van der Waals surface area (Å²) in [5, 5.41) is 12.3. The number of hydrogen-bond acceptors (Lipinski definition) is 5. The van der Waals surface area contributed by atoms with Gasteiger partial charge in [0.15, 0.2) is 5.82 Å². The largest absolute Gasteiger partial charge is 0.453 e. The Morgan fingerprint density at radius 1 is 1.33 bits per heavy atom. The molecular formula is C12H12FN5O3.